The van der Waals surface area contributed by atoms with Crippen molar-refractivity contribution in [2.24, 2.45) is 0 Å². The molecule has 0 radical (unpaired) electrons. The van der Waals surface area contributed by atoms with Crippen molar-refractivity contribution in [1.82, 2.24) is 15.2 Å². The van der Waals surface area contributed by atoms with Crippen LogP contribution in [0.3, 0.4) is 0 Å². The summed E-state index contributed by atoms with van der Waals surface area (Å²) < 4.78 is 0. The Morgan fingerprint density at radius 2 is 2.14 bits per heavy atom. The van der Waals surface area contributed by atoms with Crippen molar-refractivity contribution in [1.29, 1.82) is 0 Å². The lowest BCUT2D eigenvalue weighted by Gasteiger charge is -2.16. The standard InChI is InChI=1S/C17H21N3O/c1-12-3-5-14-9-13(4-8-16(14)18-12)10-20(2)11-17(21)19-15-6-7-15/h3-5,8-9,15H,6-7,10-11H2,1-2H3,(H,19,21). The summed E-state index contributed by atoms with van der Waals surface area (Å²) in [5.74, 6) is 0.123. The SMILES string of the molecule is Cc1ccc2cc(CN(C)CC(=O)NC3CC3)ccc2n1. The lowest BCUT2D eigenvalue weighted by molar-refractivity contribution is -0.122. The Bertz CT molecular complexity index is 664. The zero-order valence-corrected chi connectivity index (χ0v) is 12.6. The topological polar surface area (TPSA) is 45.2 Å². The predicted molar refractivity (Wildman–Crippen MR) is 84.0 cm³/mol. The number of carbonyl (C=O) groups is 1. The van der Waals surface area contributed by atoms with Crippen LogP contribution in [-0.4, -0.2) is 35.4 Å². The van der Waals surface area contributed by atoms with Crippen molar-refractivity contribution in [3.8, 4) is 0 Å². The summed E-state index contributed by atoms with van der Waals surface area (Å²) in [6.45, 7) is 3.21. The molecule has 1 fully saturated rings. The molecular formula is C17H21N3O. The Kier molecular flexibility index (Phi) is 3.88. The quantitative estimate of drug-likeness (QED) is 0.915. The molecular weight excluding hydrogens is 262 g/mol. The molecule has 0 spiro atoms. The van der Waals surface area contributed by atoms with Gasteiger partial charge < -0.3 is 5.32 Å². The van der Waals surface area contributed by atoms with Gasteiger partial charge in [-0.05, 0) is 50.6 Å². The summed E-state index contributed by atoms with van der Waals surface area (Å²) in [6.07, 6.45) is 2.26. The Hall–Kier alpha value is -1.94. The van der Waals surface area contributed by atoms with Gasteiger partial charge in [0.2, 0.25) is 5.91 Å². The number of nitrogens with one attached hydrogen (secondary N) is 1. The third kappa shape index (κ3) is 3.79. The van der Waals surface area contributed by atoms with Gasteiger partial charge in [0.1, 0.15) is 0 Å². The second-order valence-corrected chi connectivity index (χ2v) is 5.99. The molecule has 0 unspecified atom stereocenters. The lowest BCUT2D eigenvalue weighted by atomic mass is 10.1. The van der Waals surface area contributed by atoms with Gasteiger partial charge in [-0.1, -0.05) is 12.1 Å². The number of aromatic nitrogens is 1. The first-order valence-corrected chi connectivity index (χ1v) is 7.44. The van der Waals surface area contributed by atoms with Crippen LogP contribution in [0, 0.1) is 6.92 Å². The minimum Gasteiger partial charge on any atom is -0.352 e. The van der Waals surface area contributed by atoms with E-state index >= 15 is 0 Å². The van der Waals surface area contributed by atoms with Gasteiger partial charge in [-0.2, -0.15) is 0 Å². The Labute approximate surface area is 125 Å². The highest BCUT2D eigenvalue weighted by molar-refractivity contribution is 5.80. The van der Waals surface area contributed by atoms with Gasteiger partial charge in [-0.25, -0.2) is 0 Å². The fraction of sp³-hybridized carbons (Fsp3) is 0.412. The Balaban J connectivity index is 1.63. The lowest BCUT2D eigenvalue weighted by Crippen LogP contribution is -2.35. The minimum atomic E-state index is 0.123. The highest BCUT2D eigenvalue weighted by atomic mass is 16.2. The van der Waals surface area contributed by atoms with Gasteiger partial charge in [-0.15, -0.1) is 0 Å². The number of benzene rings is 1. The second-order valence-electron chi connectivity index (χ2n) is 5.99. The number of hydrogen-bond acceptors (Lipinski definition) is 3. The van der Waals surface area contributed by atoms with Crippen LogP contribution < -0.4 is 5.32 Å². The normalized spacial score (nSPS) is 14.6. The predicted octanol–water partition coefficient (Wildman–Crippen LogP) is 2.25. The molecule has 0 bridgehead atoms. The van der Waals surface area contributed by atoms with E-state index < -0.39 is 0 Å². The molecule has 1 saturated carbocycles. The van der Waals surface area contributed by atoms with Gasteiger partial charge in [0.05, 0.1) is 12.1 Å². The fourth-order valence-corrected chi connectivity index (χ4v) is 2.49. The van der Waals surface area contributed by atoms with E-state index in [1.165, 1.54) is 5.56 Å². The number of amides is 1. The zero-order valence-electron chi connectivity index (χ0n) is 12.6. The van der Waals surface area contributed by atoms with E-state index in [1.54, 1.807) is 0 Å². The van der Waals surface area contributed by atoms with Crippen LogP contribution >= 0.6 is 0 Å². The third-order valence-electron chi connectivity index (χ3n) is 3.70. The van der Waals surface area contributed by atoms with Crippen LogP contribution in [0.25, 0.3) is 10.9 Å². The minimum absolute atomic E-state index is 0.123. The van der Waals surface area contributed by atoms with Gasteiger partial charge >= 0.3 is 0 Å². The highest BCUT2D eigenvalue weighted by Gasteiger charge is 2.23. The van der Waals surface area contributed by atoms with Gasteiger partial charge in [0.25, 0.3) is 0 Å². The molecule has 1 aliphatic carbocycles. The number of rotatable bonds is 5. The van der Waals surface area contributed by atoms with Crippen LogP contribution in [0.15, 0.2) is 30.3 Å². The maximum absolute atomic E-state index is 11.8. The maximum atomic E-state index is 11.8. The van der Waals surface area contributed by atoms with Crippen molar-refractivity contribution in [3.63, 3.8) is 0 Å². The molecule has 0 aliphatic heterocycles. The van der Waals surface area contributed by atoms with E-state index in [4.69, 9.17) is 0 Å². The highest BCUT2D eigenvalue weighted by Crippen LogP contribution is 2.18. The molecule has 2 aromatic rings. The van der Waals surface area contributed by atoms with Crippen LogP contribution in [0.2, 0.25) is 0 Å². The Morgan fingerprint density at radius 3 is 2.90 bits per heavy atom. The summed E-state index contributed by atoms with van der Waals surface area (Å²) >= 11 is 0. The van der Waals surface area contributed by atoms with Crippen LogP contribution in [-0.2, 0) is 11.3 Å². The molecule has 1 aromatic carbocycles. The number of aryl methyl sites for hydroxylation is 1. The average Bonchev–Trinajstić information content (AvgIpc) is 3.22. The molecule has 110 valence electrons. The monoisotopic (exact) mass is 283 g/mol. The Morgan fingerprint density at radius 1 is 1.33 bits per heavy atom. The maximum Gasteiger partial charge on any atom is 0.234 e. The number of fused-ring (bicyclic) bond motifs is 1. The number of pyridine rings is 1. The molecule has 3 rings (SSSR count). The van der Waals surface area contributed by atoms with Crippen LogP contribution in [0.1, 0.15) is 24.1 Å². The molecule has 4 heteroatoms. The second kappa shape index (κ2) is 5.82. The molecule has 21 heavy (non-hydrogen) atoms. The molecule has 1 N–H and O–H groups in total. The van der Waals surface area contributed by atoms with Crippen molar-refractivity contribution in [3.05, 3.63) is 41.6 Å². The van der Waals surface area contributed by atoms with E-state index in [9.17, 15) is 4.79 Å². The first-order valence-electron chi connectivity index (χ1n) is 7.44. The summed E-state index contributed by atoms with van der Waals surface area (Å²) in [5, 5.41) is 4.16. The zero-order chi connectivity index (χ0) is 14.8. The summed E-state index contributed by atoms with van der Waals surface area (Å²) in [4.78, 5) is 18.3. The number of nitrogens with zero attached hydrogens (tertiary/aromatic N) is 2. The third-order valence-corrected chi connectivity index (χ3v) is 3.70. The number of carbonyl (C=O) groups excluding carboxylic acids is 1. The largest absolute Gasteiger partial charge is 0.352 e. The number of likely N-dealkylation sites (N-methyl/N-ethyl adjacent to an activating group) is 1. The first-order chi connectivity index (χ1) is 10.1. The van der Waals surface area contributed by atoms with Crippen molar-refractivity contribution >= 4 is 16.8 Å². The van der Waals surface area contributed by atoms with Crippen LogP contribution in [0.5, 0.6) is 0 Å². The molecule has 1 heterocycles. The fourth-order valence-electron chi connectivity index (χ4n) is 2.49. The first kappa shape index (κ1) is 14.0. The smallest absolute Gasteiger partial charge is 0.234 e. The molecule has 1 aliphatic rings. The summed E-state index contributed by atoms with van der Waals surface area (Å²) in [5.41, 5.74) is 3.26. The summed E-state index contributed by atoms with van der Waals surface area (Å²) in [6, 6.07) is 10.8. The molecule has 4 nitrogen and oxygen atoms in total. The van der Waals surface area contributed by atoms with E-state index in [-0.39, 0.29) is 5.91 Å². The molecule has 1 amide bonds. The molecule has 0 saturated heterocycles. The number of hydrogen-bond donors (Lipinski definition) is 1. The van der Waals surface area contributed by atoms with Gasteiger partial charge in [0.15, 0.2) is 0 Å². The molecule has 1 aromatic heterocycles. The van der Waals surface area contributed by atoms with E-state index in [2.05, 4.69) is 34.6 Å². The van der Waals surface area contributed by atoms with Crippen LogP contribution in [0.4, 0.5) is 0 Å². The van der Waals surface area contributed by atoms with Crippen molar-refractivity contribution in [2.75, 3.05) is 13.6 Å². The van der Waals surface area contributed by atoms with Crippen molar-refractivity contribution < 1.29 is 4.79 Å². The van der Waals surface area contributed by atoms with E-state index in [0.29, 0.717) is 12.6 Å². The van der Waals surface area contributed by atoms with E-state index in [1.807, 2.05) is 24.9 Å². The summed E-state index contributed by atoms with van der Waals surface area (Å²) in [7, 11) is 1.98. The average molecular weight is 283 g/mol. The molecule has 0 atom stereocenters. The van der Waals surface area contributed by atoms with Gasteiger partial charge in [0, 0.05) is 23.7 Å². The van der Waals surface area contributed by atoms with Crippen molar-refractivity contribution in [2.45, 2.75) is 32.4 Å². The van der Waals surface area contributed by atoms with E-state index in [0.717, 1.165) is 36.0 Å². The van der Waals surface area contributed by atoms with Gasteiger partial charge in [-0.3, -0.25) is 14.7 Å².